The standard InChI is InChI=1S/C32H38ClN3O5S/c1-41-29-15-9-12-25(20-29)22-35(31(37)23-36(42(2,39)40)28-18-16-26(33)17-19-28)30(21-24-10-5-3-6-11-24)32(38)34-27-13-7-4-8-14-27/h3,5-6,9-12,15-20,27,30H,4,7-8,13-14,21-23H2,1-2H3,(H,34,38)/t30-/m0/s1. The van der Waals surface area contributed by atoms with E-state index in [9.17, 15) is 18.0 Å². The van der Waals surface area contributed by atoms with Gasteiger partial charge in [-0.2, -0.15) is 0 Å². The number of carbonyl (C=O) groups excluding carboxylic acids is 2. The van der Waals surface area contributed by atoms with E-state index in [0.717, 1.165) is 53.8 Å². The highest BCUT2D eigenvalue weighted by Gasteiger charge is 2.34. The quantitative estimate of drug-likeness (QED) is 0.304. The Morgan fingerprint density at radius 3 is 2.26 bits per heavy atom. The molecule has 0 spiro atoms. The van der Waals surface area contributed by atoms with Gasteiger partial charge in [-0.25, -0.2) is 8.42 Å². The van der Waals surface area contributed by atoms with E-state index in [1.807, 2.05) is 48.5 Å². The highest BCUT2D eigenvalue weighted by Crippen LogP contribution is 2.24. The first kappa shape index (κ1) is 31.4. The number of anilines is 1. The minimum absolute atomic E-state index is 0.0416. The van der Waals surface area contributed by atoms with Crippen LogP contribution in [-0.4, -0.2) is 57.1 Å². The molecule has 10 heteroatoms. The molecule has 3 aromatic carbocycles. The fourth-order valence-electron chi connectivity index (χ4n) is 5.29. The number of amides is 2. The van der Waals surface area contributed by atoms with Gasteiger partial charge in [0.2, 0.25) is 21.8 Å². The Balaban J connectivity index is 1.72. The number of ether oxygens (including phenoxy) is 1. The van der Waals surface area contributed by atoms with Crippen molar-refractivity contribution in [3.8, 4) is 5.75 Å². The van der Waals surface area contributed by atoms with Crippen LogP contribution in [0.15, 0.2) is 78.9 Å². The molecule has 0 bridgehead atoms. The third-order valence-corrected chi connectivity index (χ3v) is 8.90. The summed E-state index contributed by atoms with van der Waals surface area (Å²) in [5.41, 5.74) is 1.95. The van der Waals surface area contributed by atoms with Gasteiger partial charge in [0.25, 0.3) is 0 Å². The van der Waals surface area contributed by atoms with Crippen molar-refractivity contribution >= 4 is 39.1 Å². The summed E-state index contributed by atoms with van der Waals surface area (Å²) in [4.78, 5) is 29.7. The number of sulfonamides is 1. The number of nitrogens with zero attached hydrogens (tertiary/aromatic N) is 2. The van der Waals surface area contributed by atoms with Crippen LogP contribution >= 0.6 is 11.6 Å². The Hall–Kier alpha value is -3.56. The minimum Gasteiger partial charge on any atom is -0.497 e. The van der Waals surface area contributed by atoms with Crippen molar-refractivity contribution in [1.82, 2.24) is 10.2 Å². The molecule has 42 heavy (non-hydrogen) atoms. The molecule has 1 fully saturated rings. The highest BCUT2D eigenvalue weighted by molar-refractivity contribution is 7.92. The Kier molecular flexibility index (Phi) is 10.9. The molecule has 0 radical (unpaired) electrons. The van der Waals surface area contributed by atoms with Crippen molar-refractivity contribution in [2.45, 2.75) is 57.2 Å². The maximum Gasteiger partial charge on any atom is 0.244 e. The predicted octanol–water partition coefficient (Wildman–Crippen LogP) is 5.20. The number of benzene rings is 3. The first-order valence-electron chi connectivity index (χ1n) is 14.1. The van der Waals surface area contributed by atoms with Gasteiger partial charge in [0, 0.05) is 24.0 Å². The zero-order valence-electron chi connectivity index (χ0n) is 24.0. The normalized spacial score (nSPS) is 14.5. The maximum atomic E-state index is 14.2. The molecular formula is C32H38ClN3O5S. The maximum absolute atomic E-state index is 14.2. The van der Waals surface area contributed by atoms with Gasteiger partial charge in [-0.15, -0.1) is 0 Å². The average Bonchev–Trinajstić information content (AvgIpc) is 2.98. The van der Waals surface area contributed by atoms with E-state index in [2.05, 4.69) is 5.32 Å². The van der Waals surface area contributed by atoms with E-state index in [0.29, 0.717) is 16.5 Å². The van der Waals surface area contributed by atoms with E-state index in [1.165, 1.54) is 4.90 Å². The molecule has 8 nitrogen and oxygen atoms in total. The molecule has 1 N–H and O–H groups in total. The summed E-state index contributed by atoms with van der Waals surface area (Å²) in [6, 6.07) is 22.2. The van der Waals surface area contributed by atoms with Crippen LogP contribution in [0.1, 0.15) is 43.2 Å². The number of methoxy groups -OCH3 is 1. The smallest absolute Gasteiger partial charge is 0.244 e. The number of hydrogen-bond acceptors (Lipinski definition) is 5. The van der Waals surface area contributed by atoms with Crippen LogP contribution in [0.2, 0.25) is 5.02 Å². The summed E-state index contributed by atoms with van der Waals surface area (Å²) < 4.78 is 32.2. The molecule has 0 aliphatic heterocycles. The second kappa shape index (κ2) is 14.6. The number of nitrogens with one attached hydrogen (secondary N) is 1. The lowest BCUT2D eigenvalue weighted by atomic mass is 9.94. The summed E-state index contributed by atoms with van der Waals surface area (Å²) >= 11 is 6.04. The lowest BCUT2D eigenvalue weighted by Gasteiger charge is -2.35. The molecule has 0 saturated heterocycles. The summed E-state index contributed by atoms with van der Waals surface area (Å²) in [6.45, 7) is -0.393. The Labute approximate surface area is 253 Å². The lowest BCUT2D eigenvalue weighted by molar-refractivity contribution is -0.140. The average molecular weight is 612 g/mol. The fraction of sp³-hybridized carbons (Fsp3) is 0.375. The Morgan fingerprint density at radius 2 is 1.62 bits per heavy atom. The SMILES string of the molecule is COc1cccc(CN(C(=O)CN(c2ccc(Cl)cc2)S(C)(=O)=O)[C@@H](Cc2ccccc2)C(=O)NC2CCCCC2)c1. The highest BCUT2D eigenvalue weighted by atomic mass is 35.5. The summed E-state index contributed by atoms with van der Waals surface area (Å²) in [6.07, 6.45) is 6.36. The van der Waals surface area contributed by atoms with Gasteiger partial charge in [-0.05, 0) is 60.4 Å². The monoisotopic (exact) mass is 611 g/mol. The van der Waals surface area contributed by atoms with Crippen LogP contribution in [0.25, 0.3) is 0 Å². The third kappa shape index (κ3) is 8.72. The van der Waals surface area contributed by atoms with Crippen molar-refractivity contribution < 1.29 is 22.7 Å². The second-order valence-corrected chi connectivity index (χ2v) is 13.0. The summed E-state index contributed by atoms with van der Waals surface area (Å²) in [5.74, 6) is -0.137. The van der Waals surface area contributed by atoms with Crippen molar-refractivity contribution in [3.05, 3.63) is 95.0 Å². The van der Waals surface area contributed by atoms with Crippen molar-refractivity contribution in [2.24, 2.45) is 0 Å². The molecule has 1 atom stereocenters. The number of carbonyl (C=O) groups is 2. The van der Waals surface area contributed by atoms with E-state index >= 15 is 0 Å². The van der Waals surface area contributed by atoms with E-state index in [-0.39, 0.29) is 24.9 Å². The van der Waals surface area contributed by atoms with Crippen molar-refractivity contribution in [1.29, 1.82) is 0 Å². The van der Waals surface area contributed by atoms with Crippen LogP contribution < -0.4 is 14.4 Å². The topological polar surface area (TPSA) is 96.0 Å². The first-order chi connectivity index (χ1) is 20.1. The first-order valence-corrected chi connectivity index (χ1v) is 16.4. The molecule has 3 aromatic rings. The van der Waals surface area contributed by atoms with Gasteiger partial charge >= 0.3 is 0 Å². The second-order valence-electron chi connectivity index (χ2n) is 10.7. The number of halogens is 1. The van der Waals surface area contributed by atoms with Crippen molar-refractivity contribution in [3.63, 3.8) is 0 Å². The molecular weight excluding hydrogens is 574 g/mol. The molecule has 1 saturated carbocycles. The van der Waals surface area contributed by atoms with Gasteiger partial charge in [0.1, 0.15) is 18.3 Å². The molecule has 1 aliphatic rings. The molecule has 0 aromatic heterocycles. The van der Waals surface area contributed by atoms with Gasteiger partial charge in [-0.1, -0.05) is 73.3 Å². The van der Waals surface area contributed by atoms with Crippen LogP contribution in [0.5, 0.6) is 5.75 Å². The third-order valence-electron chi connectivity index (χ3n) is 7.50. The zero-order valence-corrected chi connectivity index (χ0v) is 25.6. The van der Waals surface area contributed by atoms with E-state index in [1.54, 1.807) is 37.4 Å². The number of rotatable bonds is 12. The molecule has 2 amide bonds. The van der Waals surface area contributed by atoms with Crippen LogP contribution in [0.4, 0.5) is 5.69 Å². The van der Waals surface area contributed by atoms with Crippen molar-refractivity contribution in [2.75, 3.05) is 24.2 Å². The van der Waals surface area contributed by atoms with E-state index in [4.69, 9.17) is 16.3 Å². The lowest BCUT2D eigenvalue weighted by Crippen LogP contribution is -2.55. The van der Waals surface area contributed by atoms with Crippen LogP contribution in [0, 0.1) is 0 Å². The molecule has 0 heterocycles. The molecule has 4 rings (SSSR count). The summed E-state index contributed by atoms with van der Waals surface area (Å²) in [5, 5.41) is 3.65. The minimum atomic E-state index is -3.85. The Bertz CT molecular complexity index is 1440. The van der Waals surface area contributed by atoms with Gasteiger partial charge in [-0.3, -0.25) is 13.9 Å². The predicted molar refractivity (Wildman–Crippen MR) is 166 cm³/mol. The van der Waals surface area contributed by atoms with Crippen LogP contribution in [-0.2, 0) is 32.6 Å². The van der Waals surface area contributed by atoms with Gasteiger partial charge in [0.15, 0.2) is 0 Å². The molecule has 1 aliphatic carbocycles. The number of hydrogen-bond donors (Lipinski definition) is 1. The van der Waals surface area contributed by atoms with Gasteiger partial charge in [0.05, 0.1) is 19.1 Å². The fourth-order valence-corrected chi connectivity index (χ4v) is 6.26. The zero-order chi connectivity index (χ0) is 30.1. The van der Waals surface area contributed by atoms with E-state index < -0.39 is 28.5 Å². The molecule has 224 valence electrons. The van der Waals surface area contributed by atoms with Gasteiger partial charge < -0.3 is 15.0 Å². The van der Waals surface area contributed by atoms with Crippen LogP contribution in [0.3, 0.4) is 0 Å². The summed E-state index contributed by atoms with van der Waals surface area (Å²) in [7, 11) is -2.28. The Morgan fingerprint density at radius 1 is 0.952 bits per heavy atom. The largest absolute Gasteiger partial charge is 0.497 e. The molecule has 0 unspecified atom stereocenters.